The van der Waals surface area contributed by atoms with Gasteiger partial charge in [-0.25, -0.2) is 4.68 Å². The molecule has 0 radical (unpaired) electrons. The van der Waals surface area contributed by atoms with Crippen LogP contribution in [0.2, 0.25) is 0 Å². The lowest BCUT2D eigenvalue weighted by Gasteiger charge is -2.14. The number of fused-ring (bicyclic) bond motifs is 1. The van der Waals surface area contributed by atoms with Gasteiger partial charge in [0.2, 0.25) is 0 Å². The first-order chi connectivity index (χ1) is 12.6. The second-order valence-corrected chi connectivity index (χ2v) is 6.56. The van der Waals surface area contributed by atoms with Crippen molar-refractivity contribution in [1.82, 2.24) is 15.1 Å². The Morgan fingerprint density at radius 3 is 2.62 bits per heavy atom. The molecule has 2 amide bonds. The molecule has 0 atom stereocenters. The lowest BCUT2D eigenvalue weighted by molar-refractivity contribution is -0.139. The van der Waals surface area contributed by atoms with Crippen molar-refractivity contribution in [3.05, 3.63) is 41.6 Å². The maximum atomic E-state index is 12.3. The number of carbonyl (C=O) groups excluding carboxylic acids is 2. The molecule has 1 aromatic carbocycles. The number of carbonyl (C=O) groups is 2. The lowest BCUT2D eigenvalue weighted by Crippen LogP contribution is -2.40. The molecular weight excluding hydrogens is 356 g/mol. The van der Waals surface area contributed by atoms with Gasteiger partial charge >= 0.3 is 11.8 Å². The van der Waals surface area contributed by atoms with E-state index in [0.29, 0.717) is 5.82 Å². The maximum Gasteiger partial charge on any atom is 0.314 e. The average Bonchev–Trinajstić information content (AvgIpc) is 3.25. The first kappa shape index (κ1) is 18.4. The van der Waals surface area contributed by atoms with Crippen LogP contribution in [0.15, 0.2) is 30.3 Å². The first-order valence-corrected chi connectivity index (χ1v) is 9.18. The molecule has 9 heteroatoms. The van der Waals surface area contributed by atoms with Crippen LogP contribution >= 0.6 is 11.8 Å². The topological polar surface area (TPSA) is 94.5 Å². The Hall–Kier alpha value is -2.36. The van der Waals surface area contributed by atoms with Gasteiger partial charge < -0.3 is 20.1 Å². The normalized spacial score (nSPS) is 12.9. The molecule has 26 heavy (non-hydrogen) atoms. The number of aromatic nitrogens is 2. The number of hydrogen-bond donors (Lipinski definition) is 2. The van der Waals surface area contributed by atoms with Crippen LogP contribution in [0.1, 0.15) is 11.3 Å². The molecular formula is C17H20N4O4S. The predicted octanol–water partition coefficient (Wildman–Crippen LogP) is 1.29. The van der Waals surface area contributed by atoms with Crippen molar-refractivity contribution in [1.29, 1.82) is 0 Å². The van der Waals surface area contributed by atoms with Crippen molar-refractivity contribution >= 4 is 29.4 Å². The van der Waals surface area contributed by atoms with E-state index in [4.69, 9.17) is 9.47 Å². The highest BCUT2D eigenvalue weighted by Crippen LogP contribution is 2.35. The quantitative estimate of drug-likeness (QED) is 0.583. The summed E-state index contributed by atoms with van der Waals surface area (Å²) in [5, 5.41) is 9.77. The van der Waals surface area contributed by atoms with E-state index < -0.39 is 18.1 Å². The fourth-order valence-electron chi connectivity index (χ4n) is 2.58. The van der Waals surface area contributed by atoms with E-state index in [9.17, 15) is 9.59 Å². The van der Waals surface area contributed by atoms with E-state index in [0.717, 1.165) is 28.5 Å². The molecule has 8 nitrogen and oxygen atoms in total. The van der Waals surface area contributed by atoms with Crippen molar-refractivity contribution in [3.8, 4) is 5.69 Å². The highest BCUT2D eigenvalue weighted by atomic mass is 32.2. The van der Waals surface area contributed by atoms with Crippen molar-refractivity contribution < 1.29 is 19.1 Å². The minimum Gasteiger partial charge on any atom is -0.354 e. The number of para-hydroxylation sites is 1. The number of rotatable bonds is 6. The number of thioether (sulfide) groups is 1. The van der Waals surface area contributed by atoms with Gasteiger partial charge in [0.05, 0.1) is 17.9 Å². The van der Waals surface area contributed by atoms with E-state index in [1.54, 1.807) is 16.4 Å². The second-order valence-electron chi connectivity index (χ2n) is 5.58. The molecule has 0 unspecified atom stereocenters. The number of hydrogen-bond acceptors (Lipinski definition) is 6. The molecule has 0 aliphatic carbocycles. The molecule has 2 heterocycles. The van der Waals surface area contributed by atoms with Gasteiger partial charge in [0.1, 0.15) is 5.82 Å². The van der Waals surface area contributed by atoms with Crippen LogP contribution < -0.4 is 10.6 Å². The SMILES string of the molecule is COC(CNC(=O)C(=O)Nc1c2c(nn1-c1ccccc1)CSC2)OC. The molecule has 0 bridgehead atoms. The van der Waals surface area contributed by atoms with Crippen LogP contribution in [0.3, 0.4) is 0 Å². The smallest absolute Gasteiger partial charge is 0.314 e. The summed E-state index contributed by atoms with van der Waals surface area (Å²) in [6, 6.07) is 9.49. The summed E-state index contributed by atoms with van der Waals surface area (Å²) < 4.78 is 11.6. The summed E-state index contributed by atoms with van der Waals surface area (Å²) in [4.78, 5) is 24.4. The molecule has 3 rings (SSSR count). The van der Waals surface area contributed by atoms with E-state index in [1.165, 1.54) is 14.2 Å². The van der Waals surface area contributed by atoms with Crippen LogP contribution in [0.5, 0.6) is 0 Å². The summed E-state index contributed by atoms with van der Waals surface area (Å²) in [7, 11) is 2.92. The number of ether oxygens (including phenoxy) is 2. The van der Waals surface area contributed by atoms with Crippen molar-refractivity contribution in [3.63, 3.8) is 0 Å². The minimum absolute atomic E-state index is 0.0746. The van der Waals surface area contributed by atoms with E-state index in [2.05, 4.69) is 15.7 Å². The highest BCUT2D eigenvalue weighted by molar-refractivity contribution is 7.98. The van der Waals surface area contributed by atoms with Gasteiger partial charge in [-0.05, 0) is 12.1 Å². The Morgan fingerprint density at radius 2 is 1.92 bits per heavy atom. The standard InChI is InChI=1S/C17H20N4O4S/c1-24-14(25-2)8-18-16(22)17(23)19-15-12-9-26-10-13(12)20-21(15)11-6-4-3-5-7-11/h3-7,14H,8-10H2,1-2H3,(H,18,22)(H,19,23). The van der Waals surface area contributed by atoms with Crippen LogP contribution in [0, 0.1) is 0 Å². The molecule has 1 aliphatic rings. The van der Waals surface area contributed by atoms with Crippen LogP contribution in [0.4, 0.5) is 5.82 Å². The number of amides is 2. The van der Waals surface area contributed by atoms with Gasteiger partial charge in [-0.1, -0.05) is 18.2 Å². The largest absolute Gasteiger partial charge is 0.354 e. The molecule has 2 N–H and O–H groups in total. The number of anilines is 1. The molecule has 1 aromatic heterocycles. The van der Waals surface area contributed by atoms with Crippen molar-refractivity contribution in [2.45, 2.75) is 17.8 Å². The fourth-order valence-corrected chi connectivity index (χ4v) is 3.62. The zero-order valence-electron chi connectivity index (χ0n) is 14.5. The Kier molecular flexibility index (Phi) is 5.92. The third-order valence-electron chi connectivity index (χ3n) is 3.95. The predicted molar refractivity (Wildman–Crippen MR) is 98.0 cm³/mol. The Morgan fingerprint density at radius 1 is 1.19 bits per heavy atom. The van der Waals surface area contributed by atoms with Crippen molar-refractivity contribution in [2.75, 3.05) is 26.1 Å². The van der Waals surface area contributed by atoms with Gasteiger partial charge in [0.25, 0.3) is 0 Å². The van der Waals surface area contributed by atoms with Crippen molar-refractivity contribution in [2.24, 2.45) is 0 Å². The summed E-state index contributed by atoms with van der Waals surface area (Å²) >= 11 is 1.72. The molecule has 138 valence electrons. The Balaban J connectivity index is 1.77. The molecule has 0 spiro atoms. The third-order valence-corrected chi connectivity index (χ3v) is 4.92. The molecule has 0 saturated carbocycles. The zero-order valence-corrected chi connectivity index (χ0v) is 15.3. The van der Waals surface area contributed by atoms with E-state index in [-0.39, 0.29) is 6.54 Å². The molecule has 0 fully saturated rings. The average molecular weight is 376 g/mol. The number of benzene rings is 1. The second kappa shape index (κ2) is 8.35. The first-order valence-electron chi connectivity index (χ1n) is 8.02. The Labute approximate surface area is 155 Å². The minimum atomic E-state index is -0.760. The number of nitrogens with one attached hydrogen (secondary N) is 2. The summed E-state index contributed by atoms with van der Waals surface area (Å²) in [6.07, 6.45) is -0.609. The fraction of sp³-hybridized carbons (Fsp3) is 0.353. The Bertz CT molecular complexity index is 790. The monoisotopic (exact) mass is 376 g/mol. The van der Waals surface area contributed by atoms with Gasteiger partial charge in [0, 0.05) is 31.3 Å². The molecule has 2 aromatic rings. The molecule has 1 aliphatic heterocycles. The third kappa shape index (κ3) is 3.90. The summed E-state index contributed by atoms with van der Waals surface area (Å²) in [5.41, 5.74) is 2.70. The maximum absolute atomic E-state index is 12.3. The van der Waals surface area contributed by atoms with Crippen LogP contribution in [-0.2, 0) is 30.6 Å². The summed E-state index contributed by atoms with van der Waals surface area (Å²) in [6.45, 7) is 0.0746. The van der Waals surface area contributed by atoms with E-state index in [1.807, 2.05) is 30.3 Å². The van der Waals surface area contributed by atoms with E-state index >= 15 is 0 Å². The molecule has 0 saturated heterocycles. The number of nitrogens with zero attached hydrogens (tertiary/aromatic N) is 2. The van der Waals surface area contributed by atoms with Gasteiger partial charge in [-0.15, -0.1) is 0 Å². The highest BCUT2D eigenvalue weighted by Gasteiger charge is 2.26. The van der Waals surface area contributed by atoms with Crippen LogP contribution in [0.25, 0.3) is 5.69 Å². The van der Waals surface area contributed by atoms with Gasteiger partial charge in [-0.3, -0.25) is 9.59 Å². The number of methoxy groups -OCH3 is 2. The van der Waals surface area contributed by atoms with Gasteiger partial charge in [-0.2, -0.15) is 16.9 Å². The van der Waals surface area contributed by atoms with Gasteiger partial charge in [0.15, 0.2) is 6.29 Å². The van der Waals surface area contributed by atoms with Crippen LogP contribution in [-0.4, -0.2) is 48.6 Å². The zero-order chi connectivity index (χ0) is 18.5. The lowest BCUT2D eigenvalue weighted by atomic mass is 10.2. The summed E-state index contributed by atoms with van der Waals surface area (Å²) in [5.74, 6) is 0.547.